The Labute approximate surface area is 210 Å². The number of aryl methyl sites for hydroxylation is 2. The van der Waals surface area contributed by atoms with Crippen LogP contribution in [0.15, 0.2) is 10.9 Å². The molecule has 1 atom stereocenters. The number of rotatable bonds is 7. The van der Waals surface area contributed by atoms with E-state index in [1.165, 1.54) is 4.42 Å². The number of carbonyl (C=O) groups excluding carboxylic acids is 1. The number of anilines is 1. The number of aromatic nitrogens is 1. The van der Waals surface area contributed by atoms with Crippen LogP contribution in [0, 0.1) is 20.8 Å². The van der Waals surface area contributed by atoms with Gasteiger partial charge in [-0.2, -0.15) is 0 Å². The predicted octanol–water partition coefficient (Wildman–Crippen LogP) is 4.24. The van der Waals surface area contributed by atoms with Gasteiger partial charge in [0.15, 0.2) is 0 Å². The lowest BCUT2D eigenvalue weighted by molar-refractivity contribution is 0.0843. The van der Waals surface area contributed by atoms with Crippen LogP contribution in [-0.4, -0.2) is 54.2 Å². The highest BCUT2D eigenvalue weighted by Crippen LogP contribution is 2.43. The molecule has 1 unspecified atom stereocenters. The topological polar surface area (TPSA) is 77.7 Å². The van der Waals surface area contributed by atoms with Crippen LogP contribution in [0.4, 0.5) is 5.00 Å². The molecule has 0 saturated carbocycles. The van der Waals surface area contributed by atoms with Crippen molar-refractivity contribution in [3.05, 3.63) is 49.2 Å². The molecule has 1 amide bonds. The van der Waals surface area contributed by atoms with E-state index in [0.717, 1.165) is 78.8 Å². The minimum atomic E-state index is -0.231. The van der Waals surface area contributed by atoms with E-state index >= 15 is 0 Å². The lowest BCUT2D eigenvalue weighted by atomic mass is 9.99. The highest BCUT2D eigenvalue weighted by Gasteiger charge is 2.33. The standard InChI is InChI=1S/C25H35ClN4O3S/c1-5-29(19-7-10-33-11-8-19)25-17(4)21(22(34-25)18-6-9-27-13-18)24(32)30(26)14-20-15(2)12-16(3)28-23(20)31/h12,18-19,27H,5-11,13-14H2,1-4H3,(H,28,31). The maximum Gasteiger partial charge on any atom is 0.270 e. The van der Waals surface area contributed by atoms with Crippen molar-refractivity contribution in [2.75, 3.05) is 37.7 Å². The Bertz CT molecular complexity index is 1090. The Hall–Kier alpha value is -1.87. The third-order valence-corrected chi connectivity index (χ3v) is 8.80. The second-order valence-corrected chi connectivity index (χ2v) is 10.8. The van der Waals surface area contributed by atoms with E-state index in [4.69, 9.17) is 16.5 Å². The summed E-state index contributed by atoms with van der Waals surface area (Å²) in [4.78, 5) is 32.7. The van der Waals surface area contributed by atoms with Crippen LogP contribution in [0.25, 0.3) is 0 Å². The molecule has 2 fully saturated rings. The molecule has 2 aromatic heterocycles. The van der Waals surface area contributed by atoms with Crippen molar-refractivity contribution < 1.29 is 9.53 Å². The van der Waals surface area contributed by atoms with Gasteiger partial charge in [0, 0.05) is 66.2 Å². The van der Waals surface area contributed by atoms with Gasteiger partial charge < -0.3 is 19.9 Å². The quantitative estimate of drug-likeness (QED) is 0.549. The van der Waals surface area contributed by atoms with E-state index in [0.29, 0.717) is 23.1 Å². The van der Waals surface area contributed by atoms with E-state index in [-0.39, 0.29) is 18.0 Å². The molecular formula is C25H35ClN4O3S. The number of ether oxygens (including phenoxy) is 1. The number of halogens is 1. The molecule has 2 saturated heterocycles. The number of pyridine rings is 1. The average Bonchev–Trinajstić information content (AvgIpc) is 3.45. The molecule has 7 nitrogen and oxygen atoms in total. The largest absolute Gasteiger partial charge is 0.381 e. The van der Waals surface area contributed by atoms with Crippen molar-refractivity contribution in [3.8, 4) is 0 Å². The van der Waals surface area contributed by atoms with Gasteiger partial charge in [0.25, 0.3) is 11.5 Å². The van der Waals surface area contributed by atoms with Crippen LogP contribution in [0.3, 0.4) is 0 Å². The lowest BCUT2D eigenvalue weighted by Crippen LogP contribution is -2.39. The molecule has 2 N–H and O–H groups in total. The van der Waals surface area contributed by atoms with Gasteiger partial charge in [-0.25, -0.2) is 4.42 Å². The molecule has 0 spiro atoms. The maximum absolute atomic E-state index is 13.8. The van der Waals surface area contributed by atoms with E-state index in [1.54, 1.807) is 11.3 Å². The van der Waals surface area contributed by atoms with Gasteiger partial charge in [-0.1, -0.05) is 0 Å². The van der Waals surface area contributed by atoms with Crippen LogP contribution in [0.1, 0.15) is 69.7 Å². The fourth-order valence-electron chi connectivity index (χ4n) is 5.20. The molecular weight excluding hydrogens is 472 g/mol. The molecule has 0 aliphatic carbocycles. The lowest BCUT2D eigenvalue weighted by Gasteiger charge is -2.35. The molecule has 4 rings (SSSR count). The third kappa shape index (κ3) is 5.05. The second kappa shape index (κ2) is 10.8. The number of hydrogen-bond acceptors (Lipinski definition) is 6. The fourth-order valence-corrected chi connectivity index (χ4v) is 6.98. The zero-order chi connectivity index (χ0) is 24.4. The number of carbonyl (C=O) groups is 1. The fraction of sp³-hybridized carbons (Fsp3) is 0.600. The van der Waals surface area contributed by atoms with Crippen LogP contribution in [-0.2, 0) is 11.3 Å². The van der Waals surface area contributed by atoms with Crippen molar-refractivity contribution >= 4 is 34.0 Å². The molecule has 0 aromatic carbocycles. The number of aromatic amines is 1. The van der Waals surface area contributed by atoms with Gasteiger partial charge in [-0.05, 0) is 70.7 Å². The number of nitrogens with zero attached hydrogens (tertiary/aromatic N) is 2. The van der Waals surface area contributed by atoms with Gasteiger partial charge >= 0.3 is 0 Å². The van der Waals surface area contributed by atoms with Gasteiger partial charge in [-0.15, -0.1) is 11.3 Å². The van der Waals surface area contributed by atoms with Gasteiger partial charge in [0.1, 0.15) is 0 Å². The molecule has 2 aromatic rings. The predicted molar refractivity (Wildman–Crippen MR) is 138 cm³/mol. The van der Waals surface area contributed by atoms with Crippen molar-refractivity contribution in [2.24, 2.45) is 0 Å². The van der Waals surface area contributed by atoms with Gasteiger partial charge in [-0.3, -0.25) is 9.59 Å². The van der Waals surface area contributed by atoms with E-state index in [9.17, 15) is 9.59 Å². The molecule has 2 aliphatic heterocycles. The summed E-state index contributed by atoms with van der Waals surface area (Å²) < 4.78 is 6.77. The first kappa shape index (κ1) is 25.2. The number of amides is 1. The monoisotopic (exact) mass is 506 g/mol. The number of thiophene rings is 1. The summed E-state index contributed by atoms with van der Waals surface area (Å²) in [5, 5.41) is 4.60. The van der Waals surface area contributed by atoms with Crippen LogP contribution in [0.2, 0.25) is 0 Å². The zero-order valence-electron chi connectivity index (χ0n) is 20.5. The Morgan fingerprint density at radius 2 is 1.97 bits per heavy atom. The molecule has 0 bridgehead atoms. The molecule has 4 heterocycles. The minimum Gasteiger partial charge on any atom is -0.381 e. The van der Waals surface area contributed by atoms with Crippen molar-refractivity contribution in [3.63, 3.8) is 0 Å². The van der Waals surface area contributed by atoms with Crippen LogP contribution >= 0.6 is 23.1 Å². The summed E-state index contributed by atoms with van der Waals surface area (Å²) in [6.45, 7) is 12.2. The SMILES string of the molecule is CCN(c1sc(C2CCNC2)c(C(=O)N(Cl)Cc2c(C)cc(C)[nH]c2=O)c1C)C1CCOCC1. The smallest absolute Gasteiger partial charge is 0.270 e. The van der Waals surface area contributed by atoms with E-state index in [2.05, 4.69) is 22.1 Å². The van der Waals surface area contributed by atoms with Crippen molar-refractivity contribution in [2.45, 2.75) is 65.5 Å². The molecule has 186 valence electrons. The van der Waals surface area contributed by atoms with Crippen LogP contribution < -0.4 is 15.8 Å². The molecule has 0 radical (unpaired) electrons. The van der Waals surface area contributed by atoms with Gasteiger partial charge in [0.2, 0.25) is 0 Å². The number of H-pyrrole nitrogens is 1. The summed E-state index contributed by atoms with van der Waals surface area (Å²) in [6.07, 6.45) is 2.99. The summed E-state index contributed by atoms with van der Waals surface area (Å²) in [6, 6.07) is 2.32. The summed E-state index contributed by atoms with van der Waals surface area (Å²) in [7, 11) is 0. The van der Waals surface area contributed by atoms with Crippen molar-refractivity contribution in [1.82, 2.24) is 14.7 Å². The highest BCUT2D eigenvalue weighted by atomic mass is 35.5. The first-order valence-electron chi connectivity index (χ1n) is 12.2. The Balaban J connectivity index is 1.69. The number of hydrogen-bond donors (Lipinski definition) is 2. The Morgan fingerprint density at radius 3 is 2.59 bits per heavy atom. The third-order valence-electron chi connectivity index (χ3n) is 7.04. The maximum atomic E-state index is 13.8. The average molecular weight is 507 g/mol. The Kier molecular flexibility index (Phi) is 8.02. The highest BCUT2D eigenvalue weighted by molar-refractivity contribution is 7.16. The minimum absolute atomic E-state index is 0.0618. The second-order valence-electron chi connectivity index (χ2n) is 9.36. The first-order valence-corrected chi connectivity index (χ1v) is 13.3. The van der Waals surface area contributed by atoms with Gasteiger partial charge in [0.05, 0.1) is 17.1 Å². The molecule has 34 heavy (non-hydrogen) atoms. The summed E-state index contributed by atoms with van der Waals surface area (Å²) in [5.41, 5.74) is 3.64. The summed E-state index contributed by atoms with van der Waals surface area (Å²) in [5.74, 6) is 0.0605. The zero-order valence-corrected chi connectivity index (χ0v) is 22.1. The number of nitrogens with one attached hydrogen (secondary N) is 2. The normalized spacial score (nSPS) is 18.9. The van der Waals surface area contributed by atoms with Crippen molar-refractivity contribution in [1.29, 1.82) is 0 Å². The van der Waals surface area contributed by atoms with E-state index in [1.807, 2.05) is 26.8 Å². The molecule has 2 aliphatic rings. The Morgan fingerprint density at radius 1 is 1.24 bits per heavy atom. The van der Waals surface area contributed by atoms with E-state index < -0.39 is 0 Å². The first-order chi connectivity index (χ1) is 16.3. The summed E-state index contributed by atoms with van der Waals surface area (Å²) >= 11 is 8.34. The molecule has 9 heteroatoms. The van der Waals surface area contributed by atoms with Crippen LogP contribution in [0.5, 0.6) is 0 Å².